The number of fused-ring (bicyclic) bond motifs is 2. The van der Waals surface area contributed by atoms with Gasteiger partial charge in [-0.15, -0.1) is 0 Å². The average Bonchev–Trinajstić information content (AvgIpc) is 2.23. The minimum absolute atomic E-state index is 0.161. The highest BCUT2D eigenvalue weighted by Crippen LogP contribution is 2.63. The summed E-state index contributed by atoms with van der Waals surface area (Å²) in [6.07, 6.45) is 5.22. The highest BCUT2D eigenvalue weighted by molar-refractivity contribution is 5.67. The van der Waals surface area contributed by atoms with Gasteiger partial charge in [0.05, 0.1) is 0 Å². The van der Waals surface area contributed by atoms with Crippen LogP contribution < -0.4 is 5.32 Å². The lowest BCUT2D eigenvalue weighted by Gasteiger charge is -2.60. The summed E-state index contributed by atoms with van der Waals surface area (Å²) in [5.41, 5.74) is -0.0610. The second-order valence-corrected chi connectivity index (χ2v) is 7.22. The largest absolute Gasteiger partial charge is 0.444 e. The molecule has 18 heavy (non-hydrogen) atoms. The third-order valence-electron chi connectivity index (χ3n) is 4.26. The molecule has 1 amide bonds. The number of aliphatic hydroxyl groups is 1. The number of ether oxygens (including phenoxy) is 1. The molecular formula is C14H25NO3. The highest BCUT2D eigenvalue weighted by Gasteiger charge is 2.56. The van der Waals surface area contributed by atoms with Crippen LogP contribution in [0.15, 0.2) is 0 Å². The van der Waals surface area contributed by atoms with Crippen LogP contribution in [0.4, 0.5) is 4.79 Å². The fourth-order valence-electron chi connectivity index (χ4n) is 3.71. The van der Waals surface area contributed by atoms with E-state index in [4.69, 9.17) is 4.74 Å². The van der Waals surface area contributed by atoms with Crippen molar-refractivity contribution in [2.45, 2.75) is 58.5 Å². The molecule has 0 heterocycles. The fraction of sp³-hybridized carbons (Fsp3) is 0.929. The Kier molecular flexibility index (Phi) is 3.34. The number of nitrogens with one attached hydrogen (secondary N) is 1. The minimum atomic E-state index is -0.442. The van der Waals surface area contributed by atoms with Gasteiger partial charge in [0, 0.05) is 13.2 Å². The van der Waals surface area contributed by atoms with E-state index in [0.717, 1.165) is 32.1 Å². The van der Waals surface area contributed by atoms with Gasteiger partial charge in [-0.05, 0) is 57.3 Å². The molecule has 104 valence electrons. The molecule has 2 bridgehead atoms. The molecule has 3 aliphatic carbocycles. The number of amides is 1. The summed E-state index contributed by atoms with van der Waals surface area (Å²) in [5, 5.41) is 12.3. The van der Waals surface area contributed by atoms with Crippen molar-refractivity contribution in [1.29, 1.82) is 0 Å². The van der Waals surface area contributed by atoms with Gasteiger partial charge in [-0.25, -0.2) is 4.79 Å². The van der Waals surface area contributed by atoms with Gasteiger partial charge in [0.15, 0.2) is 0 Å². The fourth-order valence-corrected chi connectivity index (χ4v) is 3.71. The van der Waals surface area contributed by atoms with Crippen LogP contribution in [0, 0.1) is 10.8 Å². The van der Waals surface area contributed by atoms with E-state index >= 15 is 0 Å². The van der Waals surface area contributed by atoms with Gasteiger partial charge in [0.25, 0.3) is 0 Å². The third kappa shape index (κ3) is 2.79. The van der Waals surface area contributed by atoms with Gasteiger partial charge in [0.1, 0.15) is 5.60 Å². The molecule has 3 saturated carbocycles. The zero-order valence-corrected chi connectivity index (χ0v) is 11.7. The normalized spacial score (nSPS) is 34.7. The van der Waals surface area contributed by atoms with Gasteiger partial charge in [-0.3, -0.25) is 0 Å². The second kappa shape index (κ2) is 4.41. The van der Waals surface area contributed by atoms with E-state index in [9.17, 15) is 9.90 Å². The first-order chi connectivity index (χ1) is 8.28. The van der Waals surface area contributed by atoms with Gasteiger partial charge < -0.3 is 15.2 Å². The number of alkyl carbamates (subject to hydrolysis) is 1. The van der Waals surface area contributed by atoms with Gasteiger partial charge in [-0.1, -0.05) is 6.42 Å². The summed E-state index contributed by atoms with van der Waals surface area (Å²) in [5.74, 6) is 0. The van der Waals surface area contributed by atoms with Gasteiger partial charge in [-0.2, -0.15) is 0 Å². The molecule has 0 aromatic rings. The van der Waals surface area contributed by atoms with Crippen molar-refractivity contribution in [2.75, 3.05) is 13.2 Å². The van der Waals surface area contributed by atoms with E-state index in [-0.39, 0.29) is 16.9 Å². The Morgan fingerprint density at radius 3 is 2.44 bits per heavy atom. The van der Waals surface area contributed by atoms with E-state index in [1.54, 1.807) is 0 Å². The molecule has 3 fully saturated rings. The Balaban J connectivity index is 1.80. The summed E-state index contributed by atoms with van der Waals surface area (Å²) in [7, 11) is 0. The Morgan fingerprint density at radius 1 is 1.28 bits per heavy atom. The summed E-state index contributed by atoms with van der Waals surface area (Å²) < 4.78 is 5.24. The number of carbonyl (C=O) groups is 1. The molecule has 0 spiro atoms. The minimum Gasteiger partial charge on any atom is -0.444 e. The molecule has 0 radical (unpaired) electrons. The number of hydrogen-bond donors (Lipinski definition) is 2. The Hall–Kier alpha value is -0.770. The molecule has 3 rings (SSSR count). The average molecular weight is 255 g/mol. The van der Waals surface area contributed by atoms with Crippen LogP contribution in [0.1, 0.15) is 52.9 Å². The van der Waals surface area contributed by atoms with Crippen LogP contribution in [0.5, 0.6) is 0 Å². The van der Waals surface area contributed by atoms with Crippen LogP contribution in [0.2, 0.25) is 0 Å². The molecule has 0 atom stereocenters. The maximum Gasteiger partial charge on any atom is 0.407 e. The Bertz CT molecular complexity index is 326. The molecule has 4 heteroatoms. The van der Waals surface area contributed by atoms with E-state index in [1.165, 1.54) is 0 Å². The quantitative estimate of drug-likeness (QED) is 0.814. The summed E-state index contributed by atoms with van der Waals surface area (Å²) in [4.78, 5) is 11.6. The summed E-state index contributed by atoms with van der Waals surface area (Å²) in [6, 6.07) is 0. The zero-order chi connectivity index (χ0) is 13.4. The molecule has 0 saturated heterocycles. The molecule has 0 aliphatic heterocycles. The van der Waals surface area contributed by atoms with Crippen LogP contribution in [0.25, 0.3) is 0 Å². The smallest absolute Gasteiger partial charge is 0.407 e. The highest BCUT2D eigenvalue weighted by atomic mass is 16.6. The zero-order valence-electron chi connectivity index (χ0n) is 11.7. The maximum atomic E-state index is 11.6. The third-order valence-corrected chi connectivity index (χ3v) is 4.26. The SMILES string of the molecule is CC(C)(C)OC(=O)NCC12CCCC(CO)(C1)C2. The van der Waals surface area contributed by atoms with Crippen LogP contribution in [-0.4, -0.2) is 30.0 Å². The van der Waals surface area contributed by atoms with Crippen molar-refractivity contribution in [3.8, 4) is 0 Å². The molecule has 0 aromatic carbocycles. The molecule has 3 aliphatic rings. The lowest BCUT2D eigenvalue weighted by atomic mass is 9.46. The number of aliphatic hydroxyl groups excluding tert-OH is 1. The van der Waals surface area contributed by atoms with Crippen molar-refractivity contribution < 1.29 is 14.6 Å². The number of hydrogen-bond acceptors (Lipinski definition) is 3. The molecule has 0 aromatic heterocycles. The number of rotatable bonds is 3. The van der Waals surface area contributed by atoms with Crippen LogP contribution >= 0.6 is 0 Å². The van der Waals surface area contributed by atoms with Crippen molar-refractivity contribution in [1.82, 2.24) is 5.32 Å². The van der Waals surface area contributed by atoms with Crippen LogP contribution in [0.3, 0.4) is 0 Å². The Morgan fingerprint density at radius 2 is 1.89 bits per heavy atom. The molecule has 4 nitrogen and oxygen atoms in total. The van der Waals surface area contributed by atoms with E-state index < -0.39 is 5.60 Å². The maximum absolute atomic E-state index is 11.6. The second-order valence-electron chi connectivity index (χ2n) is 7.22. The first-order valence-electron chi connectivity index (χ1n) is 6.86. The van der Waals surface area contributed by atoms with Crippen molar-refractivity contribution in [3.63, 3.8) is 0 Å². The van der Waals surface area contributed by atoms with Crippen molar-refractivity contribution >= 4 is 6.09 Å². The van der Waals surface area contributed by atoms with Crippen molar-refractivity contribution in [2.24, 2.45) is 10.8 Å². The lowest BCUT2D eigenvalue weighted by Crippen LogP contribution is -2.57. The summed E-state index contributed by atoms with van der Waals surface area (Å²) >= 11 is 0. The topological polar surface area (TPSA) is 58.6 Å². The van der Waals surface area contributed by atoms with E-state index in [1.807, 2.05) is 20.8 Å². The monoisotopic (exact) mass is 255 g/mol. The first-order valence-corrected chi connectivity index (χ1v) is 6.86. The van der Waals surface area contributed by atoms with Gasteiger partial charge in [0.2, 0.25) is 0 Å². The predicted molar refractivity (Wildman–Crippen MR) is 69.3 cm³/mol. The molecule has 2 N–H and O–H groups in total. The Labute approximate surface area is 109 Å². The van der Waals surface area contributed by atoms with Crippen molar-refractivity contribution in [3.05, 3.63) is 0 Å². The molecular weight excluding hydrogens is 230 g/mol. The standard InChI is InChI=1S/C14H25NO3/c1-12(2,3)18-11(17)15-9-13-5-4-6-14(7-13,8-13)10-16/h16H,4-10H2,1-3H3,(H,15,17). The summed E-state index contributed by atoms with van der Waals surface area (Å²) in [6.45, 7) is 6.58. The van der Waals surface area contributed by atoms with E-state index in [2.05, 4.69) is 5.32 Å². The predicted octanol–water partition coefficient (Wildman–Crippen LogP) is 2.45. The van der Waals surface area contributed by atoms with Gasteiger partial charge >= 0.3 is 6.09 Å². The first kappa shape index (κ1) is 13.7. The lowest BCUT2D eigenvalue weighted by molar-refractivity contribution is -0.119. The number of carbonyl (C=O) groups excluding carboxylic acids is 1. The molecule has 0 unspecified atom stereocenters. The van der Waals surface area contributed by atoms with E-state index in [0.29, 0.717) is 13.2 Å². The van der Waals surface area contributed by atoms with Crippen LogP contribution in [-0.2, 0) is 4.74 Å².